The first-order valence-corrected chi connectivity index (χ1v) is 7.08. The van der Waals surface area contributed by atoms with Gasteiger partial charge in [0.1, 0.15) is 0 Å². The Morgan fingerprint density at radius 2 is 2.00 bits per heavy atom. The SMILES string of the molecule is FC(F)Sc1ccc(NC2CC3CC=CC32)cc1. The maximum absolute atomic E-state index is 12.2. The van der Waals surface area contributed by atoms with Gasteiger partial charge in [0.05, 0.1) is 0 Å². The Hall–Kier alpha value is -1.03. The smallest absolute Gasteiger partial charge is 0.288 e. The van der Waals surface area contributed by atoms with Crippen LogP contribution in [-0.4, -0.2) is 11.8 Å². The third-order valence-electron chi connectivity index (χ3n) is 3.79. The molecule has 18 heavy (non-hydrogen) atoms. The van der Waals surface area contributed by atoms with Crippen LogP contribution in [0.3, 0.4) is 0 Å². The van der Waals surface area contributed by atoms with E-state index >= 15 is 0 Å². The van der Waals surface area contributed by atoms with Crippen LogP contribution in [0, 0.1) is 11.8 Å². The Labute approximate surface area is 110 Å². The second-order valence-corrected chi connectivity index (χ2v) is 5.95. The van der Waals surface area contributed by atoms with Gasteiger partial charge in [-0.2, -0.15) is 8.78 Å². The van der Waals surface area contributed by atoms with Crippen molar-refractivity contribution < 1.29 is 8.78 Å². The molecular formula is C14H15F2NS. The molecule has 1 saturated carbocycles. The third-order valence-corrected chi connectivity index (χ3v) is 4.52. The zero-order valence-electron chi connectivity index (χ0n) is 9.85. The number of fused-ring (bicyclic) bond motifs is 1. The lowest BCUT2D eigenvalue weighted by atomic mass is 9.71. The molecule has 1 aromatic rings. The molecule has 3 atom stereocenters. The van der Waals surface area contributed by atoms with Crippen LogP contribution in [0.1, 0.15) is 12.8 Å². The first kappa shape index (κ1) is 12.0. The van der Waals surface area contributed by atoms with E-state index in [-0.39, 0.29) is 0 Å². The molecule has 2 aliphatic carbocycles. The summed E-state index contributed by atoms with van der Waals surface area (Å²) < 4.78 is 24.4. The van der Waals surface area contributed by atoms with Gasteiger partial charge in [-0.05, 0) is 43.0 Å². The third kappa shape index (κ3) is 2.39. The number of thioether (sulfide) groups is 1. The van der Waals surface area contributed by atoms with E-state index in [0.29, 0.717) is 28.6 Å². The van der Waals surface area contributed by atoms with Gasteiger partial charge < -0.3 is 5.32 Å². The quantitative estimate of drug-likeness (QED) is 0.642. The number of benzene rings is 1. The summed E-state index contributed by atoms with van der Waals surface area (Å²) in [5.74, 6) is -0.851. The van der Waals surface area contributed by atoms with Gasteiger partial charge in [0.2, 0.25) is 0 Å². The normalized spacial score (nSPS) is 29.2. The van der Waals surface area contributed by atoms with Gasteiger partial charge in [-0.1, -0.05) is 23.9 Å². The van der Waals surface area contributed by atoms with Crippen LogP contribution >= 0.6 is 11.8 Å². The Bertz CT molecular complexity index is 444. The minimum Gasteiger partial charge on any atom is -0.382 e. The first-order valence-electron chi connectivity index (χ1n) is 6.20. The van der Waals surface area contributed by atoms with Crippen LogP contribution in [0.15, 0.2) is 41.3 Å². The van der Waals surface area contributed by atoms with Crippen LogP contribution in [0.25, 0.3) is 0 Å². The lowest BCUT2D eigenvalue weighted by molar-refractivity contribution is 0.218. The molecule has 0 aliphatic heterocycles. The number of hydrogen-bond acceptors (Lipinski definition) is 2. The van der Waals surface area contributed by atoms with Gasteiger partial charge >= 0.3 is 0 Å². The topological polar surface area (TPSA) is 12.0 Å². The van der Waals surface area contributed by atoms with E-state index in [0.717, 1.165) is 11.6 Å². The van der Waals surface area contributed by atoms with Crippen molar-refractivity contribution in [1.82, 2.24) is 0 Å². The Kier molecular flexibility index (Phi) is 3.29. The molecule has 3 rings (SSSR count). The average Bonchev–Trinajstić information content (AvgIpc) is 2.69. The van der Waals surface area contributed by atoms with Crippen molar-refractivity contribution in [1.29, 1.82) is 0 Å². The molecule has 0 radical (unpaired) electrons. The van der Waals surface area contributed by atoms with E-state index in [1.165, 1.54) is 12.8 Å². The van der Waals surface area contributed by atoms with Crippen molar-refractivity contribution in [2.45, 2.75) is 29.5 Å². The zero-order valence-corrected chi connectivity index (χ0v) is 10.7. The van der Waals surface area contributed by atoms with Gasteiger partial charge in [-0.15, -0.1) is 0 Å². The number of alkyl halides is 2. The van der Waals surface area contributed by atoms with Crippen LogP contribution in [0.4, 0.5) is 14.5 Å². The van der Waals surface area contributed by atoms with Gasteiger partial charge in [0.15, 0.2) is 0 Å². The van der Waals surface area contributed by atoms with Crippen molar-refractivity contribution >= 4 is 17.4 Å². The number of allylic oxidation sites excluding steroid dienone is 1. The maximum atomic E-state index is 12.2. The first-order chi connectivity index (χ1) is 8.72. The summed E-state index contributed by atoms with van der Waals surface area (Å²) in [6, 6.07) is 7.79. The van der Waals surface area contributed by atoms with E-state index in [1.807, 2.05) is 12.1 Å². The highest BCUT2D eigenvalue weighted by Crippen LogP contribution is 2.44. The molecule has 1 N–H and O–H groups in total. The Morgan fingerprint density at radius 1 is 1.22 bits per heavy atom. The van der Waals surface area contributed by atoms with Crippen molar-refractivity contribution in [2.24, 2.45) is 11.8 Å². The Morgan fingerprint density at radius 3 is 2.67 bits per heavy atom. The van der Waals surface area contributed by atoms with Crippen molar-refractivity contribution in [3.8, 4) is 0 Å². The molecule has 3 unspecified atom stereocenters. The van der Waals surface area contributed by atoms with E-state index in [4.69, 9.17) is 0 Å². The monoisotopic (exact) mass is 267 g/mol. The highest BCUT2D eigenvalue weighted by Gasteiger charge is 2.40. The highest BCUT2D eigenvalue weighted by atomic mass is 32.2. The Balaban J connectivity index is 1.58. The van der Waals surface area contributed by atoms with Crippen molar-refractivity contribution in [2.75, 3.05) is 5.32 Å². The molecule has 1 nitrogen and oxygen atoms in total. The molecule has 0 amide bonds. The molecule has 1 aromatic carbocycles. The highest BCUT2D eigenvalue weighted by molar-refractivity contribution is 7.99. The van der Waals surface area contributed by atoms with Crippen LogP contribution in [-0.2, 0) is 0 Å². The van der Waals surface area contributed by atoms with Gasteiger partial charge in [0.25, 0.3) is 5.76 Å². The van der Waals surface area contributed by atoms with E-state index in [2.05, 4.69) is 17.5 Å². The lowest BCUT2D eigenvalue weighted by Gasteiger charge is -2.41. The minimum absolute atomic E-state index is 0.516. The second-order valence-electron chi connectivity index (χ2n) is 4.89. The van der Waals surface area contributed by atoms with E-state index in [9.17, 15) is 8.78 Å². The number of hydrogen-bond donors (Lipinski definition) is 1. The average molecular weight is 267 g/mol. The summed E-state index contributed by atoms with van der Waals surface area (Å²) in [5, 5.41) is 3.48. The molecule has 1 fully saturated rings. The number of nitrogens with one attached hydrogen (secondary N) is 1. The predicted molar refractivity (Wildman–Crippen MR) is 71.1 cm³/mol. The summed E-state index contributed by atoms with van der Waals surface area (Å²) in [6.45, 7) is 0. The number of anilines is 1. The molecule has 2 aliphatic rings. The summed E-state index contributed by atoms with van der Waals surface area (Å²) in [7, 11) is 0. The van der Waals surface area contributed by atoms with Crippen LogP contribution in [0.2, 0.25) is 0 Å². The molecule has 0 saturated heterocycles. The van der Waals surface area contributed by atoms with Crippen LogP contribution < -0.4 is 5.32 Å². The van der Waals surface area contributed by atoms with Gasteiger partial charge in [-0.3, -0.25) is 0 Å². The molecule has 0 spiro atoms. The largest absolute Gasteiger partial charge is 0.382 e. The zero-order chi connectivity index (χ0) is 12.5. The molecule has 96 valence electrons. The maximum Gasteiger partial charge on any atom is 0.288 e. The summed E-state index contributed by atoms with van der Waals surface area (Å²) in [6.07, 6.45) is 6.99. The van der Waals surface area contributed by atoms with Crippen molar-refractivity contribution in [3.63, 3.8) is 0 Å². The van der Waals surface area contributed by atoms with E-state index in [1.54, 1.807) is 12.1 Å². The van der Waals surface area contributed by atoms with Crippen LogP contribution in [0.5, 0.6) is 0 Å². The molecule has 4 heteroatoms. The minimum atomic E-state index is -2.35. The molecule has 0 bridgehead atoms. The fourth-order valence-electron chi connectivity index (χ4n) is 2.83. The summed E-state index contributed by atoms with van der Waals surface area (Å²) in [4.78, 5) is 0.614. The van der Waals surface area contributed by atoms with E-state index < -0.39 is 5.76 Å². The van der Waals surface area contributed by atoms with Gasteiger partial charge in [-0.25, -0.2) is 0 Å². The fourth-order valence-corrected chi connectivity index (χ4v) is 3.33. The molecule has 0 heterocycles. The van der Waals surface area contributed by atoms with Crippen molar-refractivity contribution in [3.05, 3.63) is 36.4 Å². The summed E-state index contributed by atoms with van der Waals surface area (Å²) >= 11 is 0.589. The van der Waals surface area contributed by atoms with Gasteiger partial charge in [0, 0.05) is 22.5 Å². The fraction of sp³-hybridized carbons (Fsp3) is 0.429. The standard InChI is InChI=1S/C14H15F2NS/c15-14(16)18-11-6-4-10(5-7-11)17-13-8-9-2-1-3-12(9)13/h1,3-7,9,12-14,17H,2,8H2. The predicted octanol–water partition coefficient (Wildman–Crippen LogP) is 4.38. The number of halogens is 2. The lowest BCUT2D eigenvalue weighted by Crippen LogP contribution is -2.43. The number of rotatable bonds is 4. The molecule has 0 aromatic heterocycles. The second kappa shape index (κ2) is 4.92. The molecular weight excluding hydrogens is 252 g/mol. The summed E-state index contributed by atoms with van der Waals surface area (Å²) in [5.41, 5.74) is 1.03.